The summed E-state index contributed by atoms with van der Waals surface area (Å²) in [5, 5.41) is 22.4. The lowest BCUT2D eigenvalue weighted by Gasteiger charge is -2.28. The number of anilines is 1. The largest absolute Gasteiger partial charge is 0.442 e. The molecule has 0 aliphatic rings. The van der Waals surface area contributed by atoms with Crippen molar-refractivity contribution in [1.29, 1.82) is 0 Å². The van der Waals surface area contributed by atoms with Gasteiger partial charge in [0.05, 0.1) is 12.6 Å². The second-order valence-electron chi connectivity index (χ2n) is 8.17. The van der Waals surface area contributed by atoms with Crippen LogP contribution in [-0.2, 0) is 4.74 Å². The molecular formula is C21H32N8O3. The number of nitrogens with zero attached hydrogens (tertiary/aromatic N) is 7. The SMILES string of the molecule is C=C(C=NCC)CCN(Nc1cccc(-c2nnnn2[C@H](C)CO)n1)C(=O)OC(C)(C)C. The first-order valence-corrected chi connectivity index (χ1v) is 10.5. The van der Waals surface area contributed by atoms with Crippen LogP contribution in [0.25, 0.3) is 11.5 Å². The van der Waals surface area contributed by atoms with Gasteiger partial charge in [-0.15, -0.1) is 5.10 Å². The van der Waals surface area contributed by atoms with Crippen molar-refractivity contribution < 1.29 is 14.6 Å². The number of pyridine rings is 1. The lowest BCUT2D eigenvalue weighted by molar-refractivity contribution is 0.0298. The Labute approximate surface area is 188 Å². The van der Waals surface area contributed by atoms with Crippen LogP contribution >= 0.6 is 0 Å². The molecule has 0 bridgehead atoms. The minimum atomic E-state index is -0.657. The first-order chi connectivity index (χ1) is 15.1. The predicted octanol–water partition coefficient (Wildman–Crippen LogP) is 2.89. The molecule has 2 aromatic heterocycles. The molecule has 2 heterocycles. The highest BCUT2D eigenvalue weighted by Crippen LogP contribution is 2.19. The van der Waals surface area contributed by atoms with Crippen LogP contribution in [0.2, 0.25) is 0 Å². The number of aliphatic hydroxyl groups is 1. The minimum Gasteiger partial charge on any atom is -0.442 e. The number of tetrazole rings is 1. The third-order valence-corrected chi connectivity index (χ3v) is 4.13. The third kappa shape index (κ3) is 7.41. The number of aliphatic hydroxyl groups excluding tert-OH is 1. The second-order valence-corrected chi connectivity index (χ2v) is 8.17. The molecule has 0 radical (unpaired) electrons. The Morgan fingerprint density at radius 3 is 2.84 bits per heavy atom. The van der Waals surface area contributed by atoms with Gasteiger partial charge in [-0.05, 0) is 69.2 Å². The maximum absolute atomic E-state index is 12.8. The van der Waals surface area contributed by atoms with Crippen LogP contribution in [0.15, 0.2) is 35.3 Å². The van der Waals surface area contributed by atoms with E-state index in [0.29, 0.717) is 36.8 Å². The minimum absolute atomic E-state index is 0.117. The van der Waals surface area contributed by atoms with Gasteiger partial charge in [0, 0.05) is 19.3 Å². The lowest BCUT2D eigenvalue weighted by atomic mass is 10.2. The van der Waals surface area contributed by atoms with E-state index in [0.717, 1.165) is 5.57 Å². The number of hydrogen-bond acceptors (Lipinski definition) is 9. The molecule has 174 valence electrons. The van der Waals surface area contributed by atoms with Crippen LogP contribution in [0.3, 0.4) is 0 Å². The summed E-state index contributed by atoms with van der Waals surface area (Å²) in [6.07, 6.45) is 1.67. The molecule has 1 amide bonds. The highest BCUT2D eigenvalue weighted by molar-refractivity contribution is 5.77. The predicted molar refractivity (Wildman–Crippen MR) is 122 cm³/mol. The molecule has 0 fully saturated rings. The van der Waals surface area contributed by atoms with Crippen molar-refractivity contribution in [2.45, 2.75) is 52.7 Å². The Kier molecular flexibility index (Phi) is 8.82. The van der Waals surface area contributed by atoms with Crippen LogP contribution < -0.4 is 5.43 Å². The number of aliphatic imine (C=N–C) groups is 1. The molecule has 2 N–H and O–H groups in total. The Morgan fingerprint density at radius 1 is 1.44 bits per heavy atom. The maximum atomic E-state index is 12.8. The number of hydrazine groups is 1. The van der Waals surface area contributed by atoms with Gasteiger partial charge in [-0.25, -0.2) is 19.5 Å². The van der Waals surface area contributed by atoms with E-state index in [-0.39, 0.29) is 12.6 Å². The van der Waals surface area contributed by atoms with Crippen LogP contribution in [0.1, 0.15) is 47.1 Å². The van der Waals surface area contributed by atoms with Crippen molar-refractivity contribution in [2.75, 3.05) is 25.1 Å². The summed E-state index contributed by atoms with van der Waals surface area (Å²) >= 11 is 0. The van der Waals surface area contributed by atoms with E-state index in [4.69, 9.17) is 4.74 Å². The number of aromatic nitrogens is 5. The summed E-state index contributed by atoms with van der Waals surface area (Å²) in [7, 11) is 0. The van der Waals surface area contributed by atoms with E-state index in [1.165, 1.54) is 9.69 Å². The van der Waals surface area contributed by atoms with Gasteiger partial charge in [-0.3, -0.25) is 10.4 Å². The summed E-state index contributed by atoms with van der Waals surface area (Å²) in [4.78, 5) is 21.5. The van der Waals surface area contributed by atoms with Crippen molar-refractivity contribution in [3.05, 3.63) is 30.4 Å². The average Bonchev–Trinajstić information content (AvgIpc) is 3.23. The molecule has 0 saturated heterocycles. The highest BCUT2D eigenvalue weighted by atomic mass is 16.6. The number of hydrogen-bond donors (Lipinski definition) is 2. The highest BCUT2D eigenvalue weighted by Gasteiger charge is 2.23. The molecule has 2 rings (SSSR count). The van der Waals surface area contributed by atoms with Gasteiger partial charge in [0.25, 0.3) is 0 Å². The topological polar surface area (TPSA) is 131 Å². The fourth-order valence-electron chi connectivity index (χ4n) is 2.55. The molecule has 0 aliphatic carbocycles. The second kappa shape index (κ2) is 11.3. The van der Waals surface area contributed by atoms with Gasteiger partial charge in [-0.1, -0.05) is 12.6 Å². The van der Waals surface area contributed by atoms with E-state index < -0.39 is 11.7 Å². The Balaban J connectivity index is 2.24. The van der Waals surface area contributed by atoms with Crippen molar-refractivity contribution in [1.82, 2.24) is 30.2 Å². The lowest BCUT2D eigenvalue weighted by Crippen LogP contribution is -2.41. The Hall–Kier alpha value is -3.34. The van der Waals surface area contributed by atoms with Crippen molar-refractivity contribution in [3.8, 4) is 11.5 Å². The maximum Gasteiger partial charge on any atom is 0.429 e. The summed E-state index contributed by atoms with van der Waals surface area (Å²) < 4.78 is 7.02. The normalized spacial score (nSPS) is 12.6. The molecule has 0 aliphatic heterocycles. The van der Waals surface area contributed by atoms with E-state index >= 15 is 0 Å². The summed E-state index contributed by atoms with van der Waals surface area (Å²) in [5.41, 5.74) is 3.64. The number of nitrogens with one attached hydrogen (secondary N) is 1. The molecule has 11 heteroatoms. The first-order valence-electron chi connectivity index (χ1n) is 10.5. The molecule has 0 spiro atoms. The molecule has 2 aromatic rings. The molecule has 11 nitrogen and oxygen atoms in total. The molecule has 1 atom stereocenters. The van der Waals surface area contributed by atoms with E-state index in [1.54, 1.807) is 52.1 Å². The number of ether oxygens (including phenoxy) is 1. The fraction of sp³-hybridized carbons (Fsp3) is 0.524. The zero-order valence-corrected chi connectivity index (χ0v) is 19.3. The zero-order valence-electron chi connectivity index (χ0n) is 19.3. The van der Waals surface area contributed by atoms with Gasteiger partial charge in [0.1, 0.15) is 17.1 Å². The van der Waals surface area contributed by atoms with Crippen LogP contribution in [-0.4, -0.2) is 72.9 Å². The smallest absolute Gasteiger partial charge is 0.429 e. The van der Waals surface area contributed by atoms with E-state index in [9.17, 15) is 9.90 Å². The molecule has 0 unspecified atom stereocenters. The standard InChI is InChI=1S/C21H32N8O3/c1-7-22-13-15(2)11-12-28(20(31)32-21(4,5)6)25-18-10-8-9-17(23-18)19-24-26-27-29(19)16(3)14-30/h8-10,13,16,30H,2,7,11-12,14H2,1,3-6H3,(H,23,25)/t16-/m1/s1. The molecular weight excluding hydrogens is 412 g/mol. The zero-order chi connectivity index (χ0) is 23.7. The first kappa shape index (κ1) is 24.9. The van der Waals surface area contributed by atoms with Gasteiger partial charge >= 0.3 is 6.09 Å². The van der Waals surface area contributed by atoms with Gasteiger partial charge in [0.15, 0.2) is 0 Å². The van der Waals surface area contributed by atoms with Gasteiger partial charge in [-0.2, -0.15) is 0 Å². The quantitative estimate of drug-likeness (QED) is 0.422. The Bertz CT molecular complexity index is 935. The van der Waals surface area contributed by atoms with Gasteiger partial charge < -0.3 is 9.84 Å². The van der Waals surface area contributed by atoms with E-state index in [1.807, 2.05) is 6.92 Å². The fourth-order valence-corrected chi connectivity index (χ4v) is 2.55. The number of amides is 1. The van der Waals surface area contributed by atoms with Crippen LogP contribution in [0, 0.1) is 0 Å². The van der Waals surface area contributed by atoms with Gasteiger partial charge in [0.2, 0.25) is 5.82 Å². The van der Waals surface area contributed by atoms with Crippen molar-refractivity contribution >= 4 is 18.1 Å². The summed E-state index contributed by atoms with van der Waals surface area (Å²) in [5.74, 6) is 0.815. The summed E-state index contributed by atoms with van der Waals surface area (Å²) in [6.45, 7) is 14.0. The third-order valence-electron chi connectivity index (χ3n) is 4.13. The monoisotopic (exact) mass is 444 g/mol. The summed E-state index contributed by atoms with van der Waals surface area (Å²) in [6, 6.07) is 4.93. The number of carbonyl (C=O) groups is 1. The average molecular weight is 445 g/mol. The molecule has 0 saturated carbocycles. The van der Waals surface area contributed by atoms with Crippen molar-refractivity contribution in [3.63, 3.8) is 0 Å². The van der Waals surface area contributed by atoms with E-state index in [2.05, 4.69) is 37.5 Å². The number of carbonyl (C=O) groups excluding carboxylic acids is 1. The number of rotatable bonds is 10. The van der Waals surface area contributed by atoms with Crippen molar-refractivity contribution in [2.24, 2.45) is 4.99 Å². The molecule has 32 heavy (non-hydrogen) atoms. The van der Waals surface area contributed by atoms with Crippen LogP contribution in [0.5, 0.6) is 0 Å². The molecule has 0 aromatic carbocycles. The van der Waals surface area contributed by atoms with Crippen LogP contribution in [0.4, 0.5) is 10.6 Å². The Morgan fingerprint density at radius 2 is 2.19 bits per heavy atom.